The van der Waals surface area contributed by atoms with Crippen LogP contribution in [-0.4, -0.2) is 17.1 Å². The molecule has 21 heavy (non-hydrogen) atoms. The van der Waals surface area contributed by atoms with Gasteiger partial charge in [0.15, 0.2) is 0 Å². The molecule has 0 aliphatic rings. The molecule has 0 aliphatic carbocycles. The summed E-state index contributed by atoms with van der Waals surface area (Å²) in [5, 5.41) is 0. The van der Waals surface area contributed by atoms with E-state index in [-0.39, 0.29) is 5.56 Å². The minimum atomic E-state index is -0.113. The molecule has 0 fully saturated rings. The van der Waals surface area contributed by atoms with Crippen LogP contribution in [0.5, 0.6) is 5.75 Å². The van der Waals surface area contributed by atoms with Crippen molar-refractivity contribution >= 4 is 11.0 Å². The van der Waals surface area contributed by atoms with Gasteiger partial charge in [-0.25, -0.2) is 4.98 Å². The summed E-state index contributed by atoms with van der Waals surface area (Å²) in [5.74, 6) is 0.714. The van der Waals surface area contributed by atoms with Crippen LogP contribution < -0.4 is 10.3 Å². The number of aromatic nitrogens is 2. The van der Waals surface area contributed by atoms with Crippen molar-refractivity contribution in [2.45, 2.75) is 39.0 Å². The average molecular weight is 286 g/mol. The molecular formula is C17H22N2O2. The number of rotatable bonds is 7. The highest BCUT2D eigenvalue weighted by atomic mass is 16.5. The van der Waals surface area contributed by atoms with Crippen molar-refractivity contribution in [2.24, 2.45) is 0 Å². The molecule has 4 heteroatoms. The number of H-pyrrole nitrogens is 1. The molecular weight excluding hydrogens is 264 g/mol. The molecule has 2 rings (SSSR count). The topological polar surface area (TPSA) is 55.0 Å². The molecule has 0 saturated heterocycles. The van der Waals surface area contributed by atoms with Crippen LogP contribution in [0.3, 0.4) is 0 Å². The van der Waals surface area contributed by atoms with Crippen molar-refractivity contribution in [3.63, 3.8) is 0 Å². The van der Waals surface area contributed by atoms with Gasteiger partial charge in [-0.1, -0.05) is 31.9 Å². The fraction of sp³-hybridized carbons (Fsp3) is 0.412. The number of aryl methyl sites for hydroxylation is 1. The first-order chi connectivity index (χ1) is 10.2. The number of nitrogens with one attached hydrogen (secondary N) is 1. The molecule has 112 valence electrons. The number of aromatic amines is 1. The number of hydrogen-bond donors (Lipinski definition) is 1. The molecule has 0 radical (unpaired) electrons. The lowest BCUT2D eigenvalue weighted by atomic mass is 10.2. The van der Waals surface area contributed by atoms with Gasteiger partial charge in [-0.05, 0) is 31.4 Å². The summed E-state index contributed by atoms with van der Waals surface area (Å²) in [5.41, 5.74) is 1.98. The SMILES string of the molecule is CCCC/C=C/CCc1nc2ccc(OC)cc2[nH]c1=O. The second kappa shape index (κ2) is 7.62. The summed E-state index contributed by atoms with van der Waals surface area (Å²) in [6.45, 7) is 2.18. The standard InChI is InChI=1S/C17H22N2O2/c1-3-4-5-6-7-8-9-15-17(20)19-16-12-13(21-2)10-11-14(16)18-15/h6-7,10-12H,3-5,8-9H2,1-2H3,(H,19,20)/b7-6+. The van der Waals surface area contributed by atoms with Crippen LogP contribution >= 0.6 is 0 Å². The van der Waals surface area contributed by atoms with E-state index in [0.717, 1.165) is 18.4 Å². The molecule has 0 atom stereocenters. The van der Waals surface area contributed by atoms with Gasteiger partial charge >= 0.3 is 0 Å². The van der Waals surface area contributed by atoms with Gasteiger partial charge in [-0.2, -0.15) is 0 Å². The van der Waals surface area contributed by atoms with Gasteiger partial charge in [0.2, 0.25) is 0 Å². The fourth-order valence-electron chi connectivity index (χ4n) is 2.18. The second-order valence-corrected chi connectivity index (χ2v) is 5.05. The first-order valence-corrected chi connectivity index (χ1v) is 7.46. The van der Waals surface area contributed by atoms with E-state index in [4.69, 9.17) is 4.74 Å². The monoisotopic (exact) mass is 286 g/mol. The van der Waals surface area contributed by atoms with Gasteiger partial charge in [-0.15, -0.1) is 0 Å². The number of fused-ring (bicyclic) bond motifs is 1. The minimum absolute atomic E-state index is 0.113. The largest absolute Gasteiger partial charge is 0.497 e. The lowest BCUT2D eigenvalue weighted by molar-refractivity contribution is 0.415. The summed E-state index contributed by atoms with van der Waals surface area (Å²) in [7, 11) is 1.60. The van der Waals surface area contributed by atoms with Gasteiger partial charge in [0.05, 0.1) is 18.1 Å². The Morgan fingerprint density at radius 2 is 2.10 bits per heavy atom. The van der Waals surface area contributed by atoms with Crippen molar-refractivity contribution < 1.29 is 4.74 Å². The Labute approximate surface area is 124 Å². The van der Waals surface area contributed by atoms with E-state index in [2.05, 4.69) is 29.0 Å². The van der Waals surface area contributed by atoms with Crippen LogP contribution in [-0.2, 0) is 6.42 Å². The molecule has 0 amide bonds. The maximum Gasteiger partial charge on any atom is 0.270 e. The number of ether oxygens (including phenoxy) is 1. The normalized spacial score (nSPS) is 11.3. The van der Waals surface area contributed by atoms with Gasteiger partial charge in [0.25, 0.3) is 5.56 Å². The minimum Gasteiger partial charge on any atom is -0.497 e. The van der Waals surface area contributed by atoms with Gasteiger partial charge in [0.1, 0.15) is 11.4 Å². The molecule has 0 unspecified atom stereocenters. The molecule has 0 spiro atoms. The summed E-state index contributed by atoms with van der Waals surface area (Å²) < 4.78 is 5.15. The second-order valence-electron chi connectivity index (χ2n) is 5.05. The van der Waals surface area contributed by atoms with Crippen molar-refractivity contribution in [3.8, 4) is 5.75 Å². The van der Waals surface area contributed by atoms with Crippen molar-refractivity contribution in [3.05, 3.63) is 46.4 Å². The Morgan fingerprint density at radius 1 is 1.29 bits per heavy atom. The first kappa shape index (κ1) is 15.3. The number of unbranched alkanes of at least 4 members (excludes halogenated alkanes) is 2. The molecule has 1 aromatic carbocycles. The number of methoxy groups -OCH3 is 1. The predicted molar refractivity (Wildman–Crippen MR) is 85.9 cm³/mol. The van der Waals surface area contributed by atoms with Crippen molar-refractivity contribution in [1.82, 2.24) is 9.97 Å². The maximum atomic E-state index is 12.0. The molecule has 1 N–H and O–H groups in total. The van der Waals surface area contributed by atoms with E-state index >= 15 is 0 Å². The molecule has 0 bridgehead atoms. The Balaban J connectivity index is 2.08. The van der Waals surface area contributed by atoms with E-state index in [1.807, 2.05) is 12.1 Å². The highest BCUT2D eigenvalue weighted by Gasteiger charge is 2.05. The molecule has 1 heterocycles. The third-order valence-electron chi connectivity index (χ3n) is 3.41. The number of allylic oxidation sites excluding steroid dienone is 2. The quantitative estimate of drug-likeness (QED) is 0.625. The zero-order valence-electron chi connectivity index (χ0n) is 12.7. The molecule has 4 nitrogen and oxygen atoms in total. The van der Waals surface area contributed by atoms with Crippen LogP contribution in [0.4, 0.5) is 0 Å². The highest BCUT2D eigenvalue weighted by Crippen LogP contribution is 2.16. The lowest BCUT2D eigenvalue weighted by Crippen LogP contribution is -2.14. The number of nitrogens with zero attached hydrogens (tertiary/aromatic N) is 1. The summed E-state index contributed by atoms with van der Waals surface area (Å²) in [6, 6.07) is 5.50. The lowest BCUT2D eigenvalue weighted by Gasteiger charge is -2.04. The van der Waals surface area contributed by atoms with Crippen LogP contribution in [0.15, 0.2) is 35.1 Å². The van der Waals surface area contributed by atoms with Crippen LogP contribution in [0.25, 0.3) is 11.0 Å². The van der Waals surface area contributed by atoms with E-state index in [9.17, 15) is 4.79 Å². The van der Waals surface area contributed by atoms with Crippen LogP contribution in [0.1, 0.15) is 38.3 Å². The Bertz CT molecular complexity index is 674. The molecule has 0 aliphatic heterocycles. The fourth-order valence-corrected chi connectivity index (χ4v) is 2.18. The Morgan fingerprint density at radius 3 is 2.86 bits per heavy atom. The molecule has 1 aromatic heterocycles. The Kier molecular flexibility index (Phi) is 5.55. The third-order valence-corrected chi connectivity index (χ3v) is 3.41. The maximum absolute atomic E-state index is 12.0. The summed E-state index contributed by atoms with van der Waals surface area (Å²) in [6.07, 6.45) is 9.37. The number of hydrogen-bond acceptors (Lipinski definition) is 3. The van der Waals surface area contributed by atoms with Gasteiger partial charge < -0.3 is 9.72 Å². The van der Waals surface area contributed by atoms with E-state index in [1.165, 1.54) is 12.8 Å². The first-order valence-electron chi connectivity index (χ1n) is 7.46. The van der Waals surface area contributed by atoms with Crippen LogP contribution in [0, 0.1) is 0 Å². The molecule has 2 aromatic rings. The summed E-state index contributed by atoms with van der Waals surface area (Å²) >= 11 is 0. The molecule has 0 saturated carbocycles. The van der Waals surface area contributed by atoms with Gasteiger partial charge in [0, 0.05) is 6.07 Å². The number of benzene rings is 1. The Hall–Kier alpha value is -2.10. The van der Waals surface area contributed by atoms with Crippen molar-refractivity contribution in [2.75, 3.05) is 7.11 Å². The van der Waals surface area contributed by atoms with Gasteiger partial charge in [-0.3, -0.25) is 4.79 Å². The van der Waals surface area contributed by atoms with E-state index in [1.54, 1.807) is 13.2 Å². The van der Waals surface area contributed by atoms with Crippen molar-refractivity contribution in [1.29, 1.82) is 0 Å². The van der Waals surface area contributed by atoms with E-state index < -0.39 is 0 Å². The smallest absolute Gasteiger partial charge is 0.270 e. The van der Waals surface area contributed by atoms with E-state index in [0.29, 0.717) is 23.4 Å². The van der Waals surface area contributed by atoms with Crippen LogP contribution in [0.2, 0.25) is 0 Å². The zero-order chi connectivity index (χ0) is 15.1. The average Bonchev–Trinajstić information content (AvgIpc) is 2.50. The predicted octanol–water partition coefficient (Wildman–Crippen LogP) is 3.61. The summed E-state index contributed by atoms with van der Waals surface area (Å²) in [4.78, 5) is 19.3. The highest BCUT2D eigenvalue weighted by molar-refractivity contribution is 5.75. The zero-order valence-corrected chi connectivity index (χ0v) is 12.7. The third kappa shape index (κ3) is 4.18.